The summed E-state index contributed by atoms with van der Waals surface area (Å²) in [6, 6.07) is 25.8. The highest BCUT2D eigenvalue weighted by molar-refractivity contribution is 9.10. The van der Waals surface area contributed by atoms with Gasteiger partial charge in [-0.15, -0.1) is 6.42 Å². The van der Waals surface area contributed by atoms with Gasteiger partial charge in [0.2, 0.25) is 23.0 Å². The molecule has 6 aromatic rings. The zero-order chi connectivity index (χ0) is 50.2. The Balaban J connectivity index is 0.000000195. The van der Waals surface area contributed by atoms with Gasteiger partial charge in [-0.1, -0.05) is 58.0 Å². The first-order chi connectivity index (χ1) is 32.8. The van der Waals surface area contributed by atoms with Gasteiger partial charge in [-0.2, -0.15) is 10.2 Å². The molecule has 19 heteroatoms. The van der Waals surface area contributed by atoms with Crippen molar-refractivity contribution in [3.63, 3.8) is 0 Å². The van der Waals surface area contributed by atoms with E-state index in [1.165, 1.54) is 37.9 Å². The first kappa shape index (κ1) is 50.6. The number of terminal acetylenes is 1. The zero-order valence-electron chi connectivity index (χ0n) is 38.6. The molecule has 8 rings (SSSR count). The number of methoxy groups -OCH3 is 2. The van der Waals surface area contributed by atoms with E-state index in [9.17, 15) is 39.0 Å². The van der Waals surface area contributed by atoms with Gasteiger partial charge in [-0.3, -0.25) is 19.2 Å². The predicted octanol–water partition coefficient (Wildman–Crippen LogP) is 3.82. The number of esters is 2. The Morgan fingerprint density at radius 2 is 1.17 bits per heavy atom. The number of nitrogens with zero attached hydrogens (tertiary/aromatic N) is 6. The molecule has 0 radical (unpaired) electrons. The molecule has 2 aliphatic rings. The molecular weight excluding hydrogens is 952 g/mol. The smallest absolute Gasteiger partial charge is 0.359 e. The van der Waals surface area contributed by atoms with E-state index in [0.29, 0.717) is 60.1 Å². The number of aromatic nitrogens is 4. The predicted molar refractivity (Wildman–Crippen MR) is 258 cm³/mol. The summed E-state index contributed by atoms with van der Waals surface area (Å²) in [6.45, 7) is 4.59. The number of hydrogen-bond acceptors (Lipinski definition) is 12. The minimum atomic E-state index is -1.69. The van der Waals surface area contributed by atoms with Crippen molar-refractivity contribution < 1.29 is 48.5 Å². The van der Waals surface area contributed by atoms with Gasteiger partial charge in [-0.25, -0.2) is 19.0 Å². The molecule has 2 aromatic heterocycles. The van der Waals surface area contributed by atoms with E-state index in [1.807, 2.05) is 60.7 Å². The second-order valence-corrected chi connectivity index (χ2v) is 17.0. The second-order valence-electron chi connectivity index (χ2n) is 16.1. The highest BCUT2D eigenvalue weighted by atomic mass is 79.9. The van der Waals surface area contributed by atoms with Crippen molar-refractivity contribution in [1.82, 2.24) is 40.0 Å². The number of halogens is 1. The molecule has 356 valence electrons. The van der Waals surface area contributed by atoms with E-state index in [1.54, 1.807) is 47.7 Å². The summed E-state index contributed by atoms with van der Waals surface area (Å²) in [5.41, 5.74) is 2.36. The van der Waals surface area contributed by atoms with Gasteiger partial charge in [0.05, 0.1) is 36.6 Å². The van der Waals surface area contributed by atoms with Crippen LogP contribution in [0.1, 0.15) is 64.4 Å². The van der Waals surface area contributed by atoms with E-state index >= 15 is 0 Å². The molecule has 4 heterocycles. The van der Waals surface area contributed by atoms with Crippen LogP contribution in [0.15, 0.2) is 89.4 Å². The van der Waals surface area contributed by atoms with Gasteiger partial charge >= 0.3 is 11.9 Å². The third-order valence-corrected chi connectivity index (χ3v) is 11.6. The van der Waals surface area contributed by atoms with Crippen LogP contribution < -0.4 is 10.6 Å². The number of aliphatic hydroxyl groups is 2. The SMILES string of the molecule is C#C[C@]1(O)CCN(C)C1=O.COC(=O)c1nn(-c2cccc(Br)c2)c2ccc(CNC(C)=O)cc12.COC(=O)c1nn(-c2cccc(C#C[C@]3(O)CCN(C)C3=O)c2)c2ccc(CNC(C)=O)cc12. The average Bonchev–Trinajstić information content (AvgIpc) is 4.07. The molecule has 0 bridgehead atoms. The number of likely N-dealkylation sites (tertiary alicyclic amines) is 2. The Hall–Kier alpha value is -7.84. The second kappa shape index (κ2) is 21.4. The molecule has 4 N–H and O–H groups in total. The maximum Gasteiger partial charge on any atom is 0.359 e. The molecule has 2 atom stereocenters. The number of carbonyl (C=O) groups excluding carboxylic acids is 6. The number of amides is 4. The number of carbonyl (C=O) groups is 6. The summed E-state index contributed by atoms with van der Waals surface area (Å²) >= 11 is 3.45. The minimum Gasteiger partial charge on any atom is -0.464 e. The van der Waals surface area contributed by atoms with E-state index < -0.39 is 29.0 Å². The van der Waals surface area contributed by atoms with Crippen LogP contribution >= 0.6 is 15.9 Å². The highest BCUT2D eigenvalue weighted by Crippen LogP contribution is 2.28. The van der Waals surface area contributed by atoms with Gasteiger partial charge in [0.15, 0.2) is 11.4 Å². The molecular formula is C50H49BrN8O10. The van der Waals surface area contributed by atoms with E-state index in [-0.39, 0.29) is 35.5 Å². The number of likely N-dealkylation sites (N-methyl/N-ethyl adjacent to an activating group) is 2. The molecule has 0 unspecified atom stereocenters. The lowest BCUT2D eigenvalue weighted by Crippen LogP contribution is -2.37. The molecule has 2 fully saturated rings. The van der Waals surface area contributed by atoms with Crippen LogP contribution in [-0.2, 0) is 41.7 Å². The summed E-state index contributed by atoms with van der Waals surface area (Å²) in [5, 5.41) is 35.5. The van der Waals surface area contributed by atoms with Crippen LogP contribution in [0.5, 0.6) is 0 Å². The molecule has 2 aliphatic heterocycles. The summed E-state index contributed by atoms with van der Waals surface area (Å²) < 4.78 is 14.0. The van der Waals surface area contributed by atoms with Gasteiger partial charge in [-0.05, 0) is 71.8 Å². The number of ether oxygens (including phenoxy) is 2. The topological polar surface area (TPSA) is 228 Å². The van der Waals surface area contributed by atoms with Crippen molar-refractivity contribution in [3.8, 4) is 35.6 Å². The van der Waals surface area contributed by atoms with Crippen molar-refractivity contribution in [3.05, 3.63) is 117 Å². The van der Waals surface area contributed by atoms with Crippen LogP contribution in [0, 0.1) is 24.2 Å². The van der Waals surface area contributed by atoms with E-state index in [2.05, 4.69) is 54.5 Å². The average molecular weight is 1000 g/mol. The summed E-state index contributed by atoms with van der Waals surface area (Å²) in [4.78, 5) is 73.0. The summed E-state index contributed by atoms with van der Waals surface area (Å²) in [5.74, 6) is 5.56. The molecule has 0 spiro atoms. The number of benzene rings is 4. The third-order valence-electron chi connectivity index (χ3n) is 11.1. The van der Waals surface area contributed by atoms with Crippen LogP contribution in [0.2, 0.25) is 0 Å². The maximum absolute atomic E-state index is 12.4. The van der Waals surface area contributed by atoms with E-state index in [4.69, 9.17) is 15.9 Å². The molecule has 2 saturated heterocycles. The normalized spacial score (nSPS) is 17.2. The van der Waals surface area contributed by atoms with E-state index in [0.717, 1.165) is 26.8 Å². The highest BCUT2D eigenvalue weighted by Gasteiger charge is 2.43. The third kappa shape index (κ3) is 11.5. The number of nitrogens with one attached hydrogen (secondary N) is 2. The van der Waals surface area contributed by atoms with Gasteiger partial charge < -0.3 is 40.1 Å². The lowest BCUT2D eigenvalue weighted by Gasteiger charge is -2.13. The fourth-order valence-corrected chi connectivity index (χ4v) is 7.74. The number of hydrogen-bond donors (Lipinski definition) is 4. The summed E-state index contributed by atoms with van der Waals surface area (Å²) in [7, 11) is 5.87. The Morgan fingerprint density at radius 3 is 1.58 bits per heavy atom. The van der Waals surface area contributed by atoms with Crippen LogP contribution in [0.3, 0.4) is 0 Å². The Labute approximate surface area is 405 Å². The molecule has 0 aliphatic carbocycles. The Morgan fingerprint density at radius 1 is 0.710 bits per heavy atom. The largest absolute Gasteiger partial charge is 0.464 e. The lowest BCUT2D eigenvalue weighted by atomic mass is 10.0. The van der Waals surface area contributed by atoms with Crippen LogP contribution in [0.4, 0.5) is 0 Å². The fourth-order valence-electron chi connectivity index (χ4n) is 7.35. The monoisotopic (exact) mass is 1000 g/mol. The Bertz CT molecular complexity index is 3110. The molecule has 69 heavy (non-hydrogen) atoms. The zero-order valence-corrected chi connectivity index (χ0v) is 40.2. The van der Waals surface area contributed by atoms with Crippen molar-refractivity contribution in [2.24, 2.45) is 0 Å². The first-order valence-electron chi connectivity index (χ1n) is 21.3. The standard InChI is InChI=1S/C25H24N4O5.C18H16BrN3O3.C7H9NO2/c1-16(30)26-15-18-7-8-21-20(14-18)22(23(31)34-3)27-29(21)19-6-4-5-17(13-19)9-10-25(33)11-12-28(2)24(25)32;1-11(23)20-10-12-6-7-16-15(8-12)17(18(24)25-2)21-22(16)14-5-3-4-13(19)9-14;1-3-7(10)4-5-8(2)6(7)9/h4-8,13-14,33H,11-12,15H2,1-3H3,(H,26,30);3-9H,10H2,1-2H3,(H,20,23);1,10H,4-5H2,2H3/t25-;;7-/m0.0/s1. The number of fused-ring (bicyclic) bond motifs is 2. The van der Waals surface area contributed by atoms with Crippen molar-refractivity contribution in [1.29, 1.82) is 0 Å². The van der Waals surface area contributed by atoms with Crippen LogP contribution in [-0.4, -0.2) is 128 Å². The molecule has 0 saturated carbocycles. The van der Waals surface area contributed by atoms with Gasteiger partial charge in [0.1, 0.15) is 0 Å². The van der Waals surface area contributed by atoms with Crippen molar-refractivity contribution in [2.75, 3.05) is 41.4 Å². The molecule has 4 amide bonds. The molecule has 4 aromatic carbocycles. The molecule has 18 nitrogen and oxygen atoms in total. The maximum atomic E-state index is 12.4. The Kier molecular flexibility index (Phi) is 15.7. The van der Waals surface area contributed by atoms with Gasteiger partial charge in [0, 0.05) is 87.8 Å². The summed E-state index contributed by atoms with van der Waals surface area (Å²) in [6.07, 6.45) is 5.57. The van der Waals surface area contributed by atoms with Crippen molar-refractivity contribution in [2.45, 2.75) is 51.0 Å². The minimum absolute atomic E-state index is 0.113. The lowest BCUT2D eigenvalue weighted by molar-refractivity contribution is -0.138. The van der Waals surface area contributed by atoms with Gasteiger partial charge in [0.25, 0.3) is 11.8 Å². The number of rotatable bonds is 8. The fraction of sp³-hybridized carbons (Fsp3) is 0.280. The quantitative estimate of drug-likeness (QED) is 0.126. The van der Waals surface area contributed by atoms with Crippen LogP contribution in [0.25, 0.3) is 33.2 Å². The first-order valence-corrected chi connectivity index (χ1v) is 22.1. The van der Waals surface area contributed by atoms with Crippen molar-refractivity contribution >= 4 is 73.3 Å².